The molecule has 1 aliphatic heterocycles. The number of nitrogens with one attached hydrogen (secondary N) is 4. The van der Waals surface area contributed by atoms with Gasteiger partial charge in [0.2, 0.25) is 0 Å². The molecule has 4 aromatic carbocycles. The predicted octanol–water partition coefficient (Wildman–Crippen LogP) is 11.2. The van der Waals surface area contributed by atoms with Crippen molar-refractivity contribution < 1.29 is 20.4 Å². The number of rotatable bonds is 4. The Bertz CT molecular complexity index is 2880. The Morgan fingerprint density at radius 2 is 0.433 bits per heavy atom. The van der Waals surface area contributed by atoms with E-state index in [1.807, 2.05) is 48.5 Å². The SMILES string of the molecule is Oc1ccc(C2=c3[nH]c(c(Br)c3Br)=C(c3ccc(O)cc3)c3[nH]c(c(Br)c3Br)C(c3ccc(O)cc3)=c3[nH]c(c(Br)c3Br)=C(c3ccc(O)cc3)c3[nH]c2c(Br)c3Br)cc1. The van der Waals surface area contributed by atoms with Crippen LogP contribution in [0, 0.1) is 0 Å². The van der Waals surface area contributed by atoms with Gasteiger partial charge in [0.25, 0.3) is 0 Å². The molecule has 8 bridgehead atoms. The molecule has 0 saturated carbocycles. The molecule has 300 valence electrons. The molecule has 0 atom stereocenters. The van der Waals surface area contributed by atoms with Crippen molar-refractivity contribution in [2.45, 2.75) is 0 Å². The molecule has 0 saturated heterocycles. The summed E-state index contributed by atoms with van der Waals surface area (Å²) in [5, 5.41) is 44.5. The van der Waals surface area contributed by atoms with Crippen LogP contribution in [0.4, 0.5) is 0 Å². The Kier molecular flexibility index (Phi) is 11.4. The molecule has 0 amide bonds. The quantitative estimate of drug-likeness (QED) is 0.0888. The first-order valence-corrected chi connectivity index (χ1v) is 24.0. The molecule has 1 aliphatic rings. The van der Waals surface area contributed by atoms with E-state index in [9.17, 15) is 20.4 Å². The van der Waals surface area contributed by atoms with E-state index < -0.39 is 0 Å². The highest BCUT2D eigenvalue weighted by atomic mass is 79.9. The molecule has 0 unspecified atom stereocenters. The van der Waals surface area contributed by atoms with Gasteiger partial charge in [-0.2, -0.15) is 0 Å². The van der Waals surface area contributed by atoms with E-state index >= 15 is 0 Å². The van der Waals surface area contributed by atoms with Gasteiger partial charge in [-0.25, -0.2) is 0 Å². The summed E-state index contributed by atoms with van der Waals surface area (Å²) in [6.07, 6.45) is 0. The lowest BCUT2D eigenvalue weighted by molar-refractivity contribution is 0.474. The molecule has 0 radical (unpaired) electrons. The van der Waals surface area contributed by atoms with Gasteiger partial charge in [-0.1, -0.05) is 48.5 Å². The van der Waals surface area contributed by atoms with Crippen LogP contribution >= 0.6 is 127 Å². The average Bonchev–Trinajstić information content (AvgIpc) is 3.89. The Hall–Kier alpha value is -3.48. The standard InChI is InChI=1S/C44H24Br8N4O4/c45-29-31(47)39-26(18-3-11-22(58)12-4-18)41-33(49)35(51)43(55-41)28(20-7-15-24(60)16-8-20)44-36(52)34(50)42(56-44)27(19-5-13-23(59)14-6-19)40-32(48)30(46)38(54-40)25(37(29)53-39)17-1-9-21(57)10-2-17/h1-16,53-60H. The van der Waals surface area contributed by atoms with Gasteiger partial charge in [-0.15, -0.1) is 0 Å². The number of aromatic amines is 4. The van der Waals surface area contributed by atoms with Gasteiger partial charge in [0.15, 0.2) is 0 Å². The molecule has 0 fully saturated rings. The predicted molar refractivity (Wildman–Crippen MR) is 262 cm³/mol. The monoisotopic (exact) mass is 1300 g/mol. The van der Waals surface area contributed by atoms with Crippen LogP contribution in [0.15, 0.2) is 133 Å². The van der Waals surface area contributed by atoms with Crippen molar-refractivity contribution in [3.05, 3.63) is 199 Å². The molecule has 8 aromatic rings. The molecule has 60 heavy (non-hydrogen) atoms. The highest BCUT2D eigenvalue weighted by Crippen LogP contribution is 2.43. The van der Waals surface area contributed by atoms with Crippen molar-refractivity contribution in [1.29, 1.82) is 0 Å². The van der Waals surface area contributed by atoms with Crippen LogP contribution in [-0.4, -0.2) is 40.4 Å². The molecule has 5 heterocycles. The van der Waals surface area contributed by atoms with Gasteiger partial charge >= 0.3 is 0 Å². The molecule has 9 rings (SSSR count). The van der Waals surface area contributed by atoms with Crippen LogP contribution in [0.2, 0.25) is 0 Å². The second-order valence-corrected chi connectivity index (χ2v) is 20.0. The van der Waals surface area contributed by atoms with Crippen LogP contribution in [0.3, 0.4) is 0 Å². The zero-order chi connectivity index (χ0) is 42.3. The van der Waals surface area contributed by atoms with Crippen LogP contribution in [0.1, 0.15) is 45.0 Å². The Morgan fingerprint density at radius 3 is 0.617 bits per heavy atom. The number of aromatic hydroxyl groups is 4. The summed E-state index contributed by atoms with van der Waals surface area (Å²) in [6, 6.07) is 28.0. The van der Waals surface area contributed by atoms with E-state index in [1.165, 1.54) is 0 Å². The van der Waals surface area contributed by atoms with Gasteiger partial charge in [0, 0.05) is 22.3 Å². The summed E-state index contributed by atoms with van der Waals surface area (Å²) < 4.78 is 5.79. The van der Waals surface area contributed by atoms with Crippen molar-refractivity contribution in [2.24, 2.45) is 0 Å². The number of aromatic nitrogens is 4. The van der Waals surface area contributed by atoms with E-state index in [0.29, 0.717) is 44.2 Å². The zero-order valence-corrected chi connectivity index (χ0v) is 42.7. The third kappa shape index (κ3) is 7.08. The zero-order valence-electron chi connectivity index (χ0n) is 30.1. The minimum absolute atomic E-state index is 0.123. The number of H-pyrrole nitrogens is 4. The highest BCUT2D eigenvalue weighted by molar-refractivity contribution is 9.14. The maximum absolute atomic E-state index is 10.4. The van der Waals surface area contributed by atoms with Gasteiger partial charge in [0.05, 0.1) is 80.0 Å². The molecule has 0 aliphatic carbocycles. The number of halogens is 8. The summed E-state index contributed by atoms with van der Waals surface area (Å²) >= 11 is 31.7. The van der Waals surface area contributed by atoms with E-state index in [0.717, 1.165) is 80.3 Å². The van der Waals surface area contributed by atoms with E-state index in [-0.39, 0.29) is 23.0 Å². The number of phenolic OH excluding ortho intramolecular Hbond substituents is 4. The van der Waals surface area contributed by atoms with Gasteiger partial charge in [-0.3, -0.25) is 0 Å². The first kappa shape index (κ1) is 41.9. The van der Waals surface area contributed by atoms with Crippen LogP contribution < -0.4 is 21.4 Å². The Labute approximate surface area is 407 Å². The van der Waals surface area contributed by atoms with Crippen molar-refractivity contribution in [1.82, 2.24) is 19.9 Å². The second kappa shape index (κ2) is 16.3. The van der Waals surface area contributed by atoms with E-state index in [2.05, 4.69) is 147 Å². The molecular weight excluding hydrogens is 1290 g/mol. The summed E-state index contributed by atoms with van der Waals surface area (Å²) in [4.78, 5) is 15.1. The third-order valence-electron chi connectivity index (χ3n) is 10.2. The fraction of sp³-hybridized carbons (Fsp3) is 0. The number of hydrogen-bond donors (Lipinski definition) is 8. The molecule has 0 spiro atoms. The van der Waals surface area contributed by atoms with Crippen LogP contribution in [0.25, 0.3) is 22.3 Å². The minimum atomic E-state index is 0.123. The topological polar surface area (TPSA) is 144 Å². The lowest BCUT2D eigenvalue weighted by atomic mass is 10.0. The van der Waals surface area contributed by atoms with Crippen molar-refractivity contribution >= 4 is 150 Å². The lowest BCUT2D eigenvalue weighted by Gasteiger charge is -2.10. The molecular formula is C44H24Br8N4O4. The number of hydrogen-bond acceptors (Lipinski definition) is 4. The molecule has 8 N–H and O–H groups in total. The number of benzene rings is 4. The van der Waals surface area contributed by atoms with Crippen molar-refractivity contribution in [3.8, 4) is 23.0 Å². The van der Waals surface area contributed by atoms with Gasteiger partial charge in [-0.05, 0) is 198 Å². The van der Waals surface area contributed by atoms with Gasteiger partial charge in [0.1, 0.15) is 23.0 Å². The Morgan fingerprint density at radius 1 is 0.250 bits per heavy atom. The van der Waals surface area contributed by atoms with E-state index in [1.54, 1.807) is 48.5 Å². The average molecular weight is 1310 g/mol. The molecule has 16 heteroatoms. The number of phenols is 4. The van der Waals surface area contributed by atoms with Crippen molar-refractivity contribution in [2.75, 3.05) is 0 Å². The lowest BCUT2D eigenvalue weighted by Crippen LogP contribution is -2.20. The third-order valence-corrected chi connectivity index (χ3v) is 18.6. The largest absolute Gasteiger partial charge is 0.508 e. The fourth-order valence-electron chi connectivity index (χ4n) is 7.36. The molecule has 4 aromatic heterocycles. The highest BCUT2D eigenvalue weighted by Gasteiger charge is 2.29. The Balaban J connectivity index is 1.58. The number of fused-ring (bicyclic) bond motifs is 8. The summed E-state index contributed by atoms with van der Waals surface area (Å²) in [5.41, 5.74) is 9.05. The summed E-state index contributed by atoms with van der Waals surface area (Å²) in [6.45, 7) is 0. The second-order valence-electron chi connectivity index (χ2n) is 13.7. The summed E-state index contributed by atoms with van der Waals surface area (Å²) in [5.74, 6) is 0.492. The first-order chi connectivity index (χ1) is 28.7. The summed E-state index contributed by atoms with van der Waals surface area (Å²) in [7, 11) is 0. The first-order valence-electron chi connectivity index (χ1n) is 17.7. The molecule has 8 nitrogen and oxygen atoms in total. The van der Waals surface area contributed by atoms with Gasteiger partial charge < -0.3 is 40.4 Å². The maximum Gasteiger partial charge on any atom is 0.115 e. The normalized spacial score (nSPS) is 12.8. The maximum atomic E-state index is 10.4. The minimum Gasteiger partial charge on any atom is -0.508 e. The van der Waals surface area contributed by atoms with Crippen LogP contribution in [-0.2, 0) is 0 Å². The van der Waals surface area contributed by atoms with Crippen LogP contribution in [0.5, 0.6) is 23.0 Å². The smallest absolute Gasteiger partial charge is 0.115 e. The fourth-order valence-corrected chi connectivity index (χ4v) is 11.3. The van der Waals surface area contributed by atoms with E-state index in [4.69, 9.17) is 0 Å². The van der Waals surface area contributed by atoms with Crippen molar-refractivity contribution in [3.63, 3.8) is 0 Å².